The van der Waals surface area contributed by atoms with E-state index in [2.05, 4.69) is 33.6 Å². The van der Waals surface area contributed by atoms with Crippen molar-refractivity contribution in [3.05, 3.63) is 0 Å². The van der Waals surface area contributed by atoms with Crippen molar-refractivity contribution < 1.29 is 29.4 Å². The Kier molecular flexibility index (Phi) is 12.4. The van der Waals surface area contributed by atoms with Crippen molar-refractivity contribution in [2.75, 3.05) is 12.3 Å². The number of amides is 3. The Hall–Kier alpha value is -2.58. The van der Waals surface area contributed by atoms with E-state index in [0.717, 1.165) is 0 Å². The zero-order valence-electron chi connectivity index (χ0n) is 16.9. The van der Waals surface area contributed by atoms with Crippen molar-refractivity contribution in [3.8, 4) is 0 Å². The summed E-state index contributed by atoms with van der Waals surface area (Å²) in [7, 11) is 0. The van der Waals surface area contributed by atoms with Gasteiger partial charge >= 0.3 is 5.97 Å². The van der Waals surface area contributed by atoms with E-state index in [1.54, 1.807) is 0 Å². The topological polar surface area (TPSA) is 235 Å². The maximum atomic E-state index is 12.4. The fourth-order valence-corrected chi connectivity index (χ4v) is 2.34. The number of nitrogens with one attached hydrogen (secondary N) is 3. The van der Waals surface area contributed by atoms with Gasteiger partial charge in [0, 0.05) is 12.3 Å². The fourth-order valence-electron chi connectivity index (χ4n) is 2.17. The number of aliphatic hydroxyl groups excluding tert-OH is 1. The molecule has 11 N–H and O–H groups in total. The van der Waals surface area contributed by atoms with Crippen LogP contribution >= 0.6 is 12.6 Å². The molecule has 0 aromatic rings. The van der Waals surface area contributed by atoms with Crippen molar-refractivity contribution in [2.45, 2.75) is 57.0 Å². The van der Waals surface area contributed by atoms with Crippen LogP contribution in [-0.4, -0.2) is 82.4 Å². The lowest BCUT2D eigenvalue weighted by Gasteiger charge is -2.24. The summed E-state index contributed by atoms with van der Waals surface area (Å²) >= 11 is 3.88. The number of hydrogen-bond donors (Lipinski definition) is 9. The van der Waals surface area contributed by atoms with Crippen LogP contribution in [0.5, 0.6) is 0 Å². The van der Waals surface area contributed by atoms with E-state index in [9.17, 15) is 29.4 Å². The molecule has 0 aliphatic rings. The quantitative estimate of drug-likeness (QED) is 0.0580. The van der Waals surface area contributed by atoms with Crippen molar-refractivity contribution in [2.24, 2.45) is 22.2 Å². The minimum atomic E-state index is -1.37. The molecule has 0 bridgehead atoms. The third-order valence-corrected chi connectivity index (χ3v) is 4.30. The van der Waals surface area contributed by atoms with Crippen LogP contribution in [0.2, 0.25) is 0 Å². The van der Waals surface area contributed by atoms with Crippen LogP contribution in [0.4, 0.5) is 0 Å². The molecule has 0 spiro atoms. The number of thiol groups is 1. The van der Waals surface area contributed by atoms with Gasteiger partial charge < -0.3 is 43.4 Å². The molecular weight excluding hydrogens is 418 g/mol. The summed E-state index contributed by atoms with van der Waals surface area (Å²) in [6.07, 6.45) is -0.914. The number of carbonyl (C=O) groups excluding carboxylic acids is 3. The molecule has 0 saturated heterocycles. The maximum absolute atomic E-state index is 12.4. The predicted molar refractivity (Wildman–Crippen MR) is 113 cm³/mol. The highest BCUT2D eigenvalue weighted by atomic mass is 32.1. The predicted octanol–water partition coefficient (Wildman–Crippen LogP) is -3.76. The van der Waals surface area contributed by atoms with E-state index in [1.807, 2.05) is 0 Å². The number of guanidine groups is 1. The van der Waals surface area contributed by atoms with Crippen molar-refractivity contribution in [1.82, 2.24) is 16.0 Å². The van der Waals surface area contributed by atoms with Gasteiger partial charge in [-0.1, -0.05) is 0 Å². The Bertz CT molecular complexity index is 642. The number of aliphatic imine (C=N–C) groups is 1. The largest absolute Gasteiger partial charge is 0.480 e. The van der Waals surface area contributed by atoms with E-state index in [4.69, 9.17) is 17.2 Å². The Balaban J connectivity index is 4.88. The average Bonchev–Trinajstić information content (AvgIpc) is 2.66. The second-order valence-electron chi connectivity index (χ2n) is 6.59. The van der Waals surface area contributed by atoms with Crippen molar-refractivity contribution >= 4 is 42.3 Å². The zero-order chi connectivity index (χ0) is 23.4. The van der Waals surface area contributed by atoms with Crippen LogP contribution in [0, 0.1) is 0 Å². The minimum Gasteiger partial charge on any atom is -0.480 e. The number of aliphatic carboxylic acids is 1. The van der Waals surface area contributed by atoms with Gasteiger partial charge in [-0.3, -0.25) is 19.4 Å². The number of rotatable bonds is 13. The first-order valence-electron chi connectivity index (χ1n) is 9.14. The first-order chi connectivity index (χ1) is 13.9. The van der Waals surface area contributed by atoms with E-state index >= 15 is 0 Å². The molecular formula is C16H31N7O6S. The molecule has 0 aromatic heterocycles. The average molecular weight is 450 g/mol. The molecule has 5 atom stereocenters. The molecule has 0 saturated carbocycles. The number of carboxylic acids is 1. The fraction of sp³-hybridized carbons (Fsp3) is 0.688. The summed E-state index contributed by atoms with van der Waals surface area (Å²) in [5.74, 6) is -3.67. The second kappa shape index (κ2) is 13.6. The molecule has 3 amide bonds. The van der Waals surface area contributed by atoms with E-state index in [0.29, 0.717) is 6.42 Å². The normalized spacial score (nSPS) is 15.6. The number of hydrogen-bond acceptors (Lipinski definition) is 8. The Labute approximate surface area is 179 Å². The van der Waals surface area contributed by atoms with Crippen LogP contribution in [-0.2, 0) is 19.2 Å². The van der Waals surface area contributed by atoms with Gasteiger partial charge in [-0.25, -0.2) is 4.79 Å². The SMILES string of the molecule is CC(NC(=O)C(NC(=O)C(N)CS)C(C)O)C(=O)NC(CCCN=C(N)N)C(=O)O. The summed E-state index contributed by atoms with van der Waals surface area (Å²) in [6, 6.07) is -4.72. The summed E-state index contributed by atoms with van der Waals surface area (Å²) in [5.41, 5.74) is 15.9. The van der Waals surface area contributed by atoms with Gasteiger partial charge in [0.25, 0.3) is 0 Å². The van der Waals surface area contributed by atoms with Gasteiger partial charge in [0.2, 0.25) is 17.7 Å². The van der Waals surface area contributed by atoms with Crippen LogP contribution in [0.3, 0.4) is 0 Å². The lowest BCUT2D eigenvalue weighted by atomic mass is 10.1. The van der Waals surface area contributed by atoms with Crippen LogP contribution < -0.4 is 33.2 Å². The molecule has 5 unspecified atom stereocenters. The molecule has 0 aliphatic carbocycles. The zero-order valence-corrected chi connectivity index (χ0v) is 17.8. The molecule has 0 radical (unpaired) electrons. The number of nitrogens with zero attached hydrogens (tertiary/aromatic N) is 1. The molecule has 172 valence electrons. The van der Waals surface area contributed by atoms with E-state index in [1.165, 1.54) is 13.8 Å². The van der Waals surface area contributed by atoms with Gasteiger partial charge in [0.1, 0.15) is 18.1 Å². The third kappa shape index (κ3) is 10.3. The lowest BCUT2D eigenvalue weighted by molar-refractivity contribution is -0.142. The van der Waals surface area contributed by atoms with Crippen molar-refractivity contribution in [1.29, 1.82) is 0 Å². The molecule has 0 aromatic carbocycles. The number of carboxylic acid groups (broad SMARTS) is 1. The molecule has 0 fully saturated rings. The van der Waals surface area contributed by atoms with Gasteiger partial charge in [-0.2, -0.15) is 12.6 Å². The Morgan fingerprint density at radius 1 is 1.03 bits per heavy atom. The summed E-state index contributed by atoms with van der Waals surface area (Å²) in [4.78, 5) is 51.5. The highest BCUT2D eigenvalue weighted by Gasteiger charge is 2.30. The van der Waals surface area contributed by atoms with Gasteiger partial charge in [0.15, 0.2) is 5.96 Å². The third-order valence-electron chi connectivity index (χ3n) is 3.91. The molecule has 0 heterocycles. The van der Waals surface area contributed by atoms with E-state index < -0.39 is 54.0 Å². The first kappa shape index (κ1) is 27.4. The van der Waals surface area contributed by atoms with Gasteiger partial charge in [-0.15, -0.1) is 0 Å². The number of nitrogens with two attached hydrogens (primary N) is 3. The molecule has 0 aliphatic heterocycles. The maximum Gasteiger partial charge on any atom is 0.326 e. The highest BCUT2D eigenvalue weighted by Crippen LogP contribution is 2.01. The second-order valence-corrected chi connectivity index (χ2v) is 6.96. The summed E-state index contributed by atoms with van der Waals surface area (Å²) in [5, 5.41) is 25.9. The highest BCUT2D eigenvalue weighted by molar-refractivity contribution is 7.80. The molecule has 13 nitrogen and oxygen atoms in total. The number of aliphatic hydroxyl groups is 1. The minimum absolute atomic E-state index is 0.0263. The smallest absolute Gasteiger partial charge is 0.326 e. The molecule has 30 heavy (non-hydrogen) atoms. The van der Waals surface area contributed by atoms with Gasteiger partial charge in [-0.05, 0) is 26.7 Å². The van der Waals surface area contributed by atoms with E-state index in [-0.39, 0.29) is 24.7 Å². The standard InChI is InChI=1S/C16H31N7O6S/c1-7(12(25)22-10(15(28)29)4-3-5-20-16(18)19)21-14(27)11(8(2)24)23-13(26)9(17)6-30/h7-11,24,30H,3-6,17H2,1-2H3,(H,21,27)(H,22,25)(H,23,26)(H,28,29)(H4,18,19,20). The first-order valence-corrected chi connectivity index (χ1v) is 9.77. The van der Waals surface area contributed by atoms with Crippen molar-refractivity contribution in [3.63, 3.8) is 0 Å². The molecule has 0 rings (SSSR count). The summed E-state index contributed by atoms with van der Waals surface area (Å²) < 4.78 is 0. The Morgan fingerprint density at radius 3 is 2.10 bits per heavy atom. The van der Waals surface area contributed by atoms with Crippen LogP contribution in [0.1, 0.15) is 26.7 Å². The van der Waals surface area contributed by atoms with Crippen LogP contribution in [0.15, 0.2) is 4.99 Å². The Morgan fingerprint density at radius 2 is 1.63 bits per heavy atom. The molecule has 14 heteroatoms. The lowest BCUT2D eigenvalue weighted by Crippen LogP contribution is -2.59. The number of carbonyl (C=O) groups is 4. The summed E-state index contributed by atoms with van der Waals surface area (Å²) in [6.45, 7) is 2.79. The monoisotopic (exact) mass is 449 g/mol. The van der Waals surface area contributed by atoms with Gasteiger partial charge in [0.05, 0.1) is 12.1 Å². The van der Waals surface area contributed by atoms with Crippen LogP contribution in [0.25, 0.3) is 0 Å².